The summed E-state index contributed by atoms with van der Waals surface area (Å²) in [6, 6.07) is 15.1. The van der Waals surface area contributed by atoms with Crippen LogP contribution in [0.4, 0.5) is 0 Å². The third kappa shape index (κ3) is 2.63. The Morgan fingerprint density at radius 3 is 2.55 bits per heavy atom. The third-order valence-corrected chi connectivity index (χ3v) is 3.40. The lowest BCUT2D eigenvalue weighted by Gasteiger charge is -2.04. The average molecular weight is 293 g/mol. The van der Waals surface area contributed by atoms with Crippen LogP contribution in [-0.4, -0.2) is 18.1 Å². The highest BCUT2D eigenvalue weighted by atomic mass is 16.5. The standard InChI is InChI=1S/C18H15NO3/c1-12-7-9-13(10-8-12)16-11-19-17(22-16)14-5-3-4-6-15(14)18(20)21-2/h3-11H,1-2H3. The van der Waals surface area contributed by atoms with E-state index < -0.39 is 5.97 Å². The number of oxazole rings is 1. The number of methoxy groups -OCH3 is 1. The van der Waals surface area contributed by atoms with Crippen LogP contribution in [0.1, 0.15) is 15.9 Å². The lowest BCUT2D eigenvalue weighted by Crippen LogP contribution is -2.03. The number of aryl methyl sites for hydroxylation is 1. The maximum Gasteiger partial charge on any atom is 0.338 e. The molecule has 0 aliphatic carbocycles. The Bertz CT molecular complexity index is 803. The molecule has 22 heavy (non-hydrogen) atoms. The molecule has 0 unspecified atom stereocenters. The second kappa shape index (κ2) is 5.85. The quantitative estimate of drug-likeness (QED) is 0.682. The highest BCUT2D eigenvalue weighted by Gasteiger charge is 2.17. The van der Waals surface area contributed by atoms with Crippen molar-refractivity contribution in [2.45, 2.75) is 6.92 Å². The average Bonchev–Trinajstić information content (AvgIpc) is 3.04. The van der Waals surface area contributed by atoms with Gasteiger partial charge in [-0.05, 0) is 19.1 Å². The fourth-order valence-corrected chi connectivity index (χ4v) is 2.21. The first-order chi connectivity index (χ1) is 10.7. The van der Waals surface area contributed by atoms with Crippen molar-refractivity contribution in [2.75, 3.05) is 7.11 Å². The smallest absolute Gasteiger partial charge is 0.338 e. The van der Waals surface area contributed by atoms with Crippen LogP contribution >= 0.6 is 0 Å². The van der Waals surface area contributed by atoms with E-state index in [4.69, 9.17) is 9.15 Å². The Kier molecular flexibility index (Phi) is 3.74. The molecule has 2 aromatic carbocycles. The molecule has 4 heteroatoms. The molecule has 3 rings (SSSR count). The van der Waals surface area contributed by atoms with Crippen LogP contribution in [0.5, 0.6) is 0 Å². The summed E-state index contributed by atoms with van der Waals surface area (Å²) in [4.78, 5) is 16.1. The number of esters is 1. The number of nitrogens with zero attached hydrogens (tertiary/aromatic N) is 1. The second-order valence-corrected chi connectivity index (χ2v) is 4.93. The van der Waals surface area contributed by atoms with Gasteiger partial charge in [0.2, 0.25) is 5.89 Å². The van der Waals surface area contributed by atoms with E-state index in [0.29, 0.717) is 22.8 Å². The van der Waals surface area contributed by atoms with E-state index in [2.05, 4.69) is 4.98 Å². The monoisotopic (exact) mass is 293 g/mol. The van der Waals surface area contributed by atoms with Crippen LogP contribution in [0.15, 0.2) is 59.1 Å². The Morgan fingerprint density at radius 1 is 1.09 bits per heavy atom. The lowest BCUT2D eigenvalue weighted by atomic mass is 10.1. The van der Waals surface area contributed by atoms with Gasteiger partial charge in [-0.25, -0.2) is 9.78 Å². The SMILES string of the molecule is COC(=O)c1ccccc1-c1ncc(-c2ccc(C)cc2)o1. The minimum Gasteiger partial charge on any atom is -0.465 e. The maximum atomic E-state index is 11.8. The van der Waals surface area contributed by atoms with Crippen molar-refractivity contribution in [1.82, 2.24) is 4.98 Å². The molecule has 0 bridgehead atoms. The summed E-state index contributed by atoms with van der Waals surface area (Å²) in [5.74, 6) is 0.650. The zero-order valence-electron chi connectivity index (χ0n) is 12.4. The fraction of sp³-hybridized carbons (Fsp3) is 0.111. The number of benzene rings is 2. The Morgan fingerprint density at radius 2 is 1.82 bits per heavy atom. The Balaban J connectivity index is 2.01. The summed E-state index contributed by atoms with van der Waals surface area (Å²) >= 11 is 0. The number of hydrogen-bond donors (Lipinski definition) is 0. The van der Waals surface area contributed by atoms with Gasteiger partial charge in [-0.3, -0.25) is 0 Å². The largest absolute Gasteiger partial charge is 0.465 e. The van der Waals surface area contributed by atoms with Crippen molar-refractivity contribution < 1.29 is 13.9 Å². The van der Waals surface area contributed by atoms with Crippen molar-refractivity contribution in [3.8, 4) is 22.8 Å². The van der Waals surface area contributed by atoms with Crippen LogP contribution < -0.4 is 0 Å². The molecule has 1 aromatic heterocycles. The van der Waals surface area contributed by atoms with Gasteiger partial charge in [0, 0.05) is 5.56 Å². The number of rotatable bonds is 3. The highest BCUT2D eigenvalue weighted by molar-refractivity contribution is 5.96. The normalized spacial score (nSPS) is 10.5. The predicted molar refractivity (Wildman–Crippen MR) is 83.5 cm³/mol. The van der Waals surface area contributed by atoms with E-state index >= 15 is 0 Å². The van der Waals surface area contributed by atoms with Crippen LogP contribution in [0.3, 0.4) is 0 Å². The maximum absolute atomic E-state index is 11.8. The molecular weight excluding hydrogens is 278 g/mol. The van der Waals surface area contributed by atoms with E-state index in [0.717, 1.165) is 5.56 Å². The zero-order valence-corrected chi connectivity index (χ0v) is 12.4. The minimum absolute atomic E-state index is 0.400. The third-order valence-electron chi connectivity index (χ3n) is 3.40. The molecule has 0 atom stereocenters. The fourth-order valence-electron chi connectivity index (χ4n) is 2.21. The first-order valence-electron chi connectivity index (χ1n) is 6.89. The summed E-state index contributed by atoms with van der Waals surface area (Å²) in [5, 5.41) is 0. The molecule has 0 radical (unpaired) electrons. The van der Waals surface area contributed by atoms with E-state index in [9.17, 15) is 4.79 Å². The van der Waals surface area contributed by atoms with Gasteiger partial charge in [0.1, 0.15) is 0 Å². The molecular formula is C18H15NO3. The van der Waals surface area contributed by atoms with Crippen molar-refractivity contribution in [2.24, 2.45) is 0 Å². The first-order valence-corrected chi connectivity index (χ1v) is 6.89. The molecule has 3 aromatic rings. The van der Waals surface area contributed by atoms with Gasteiger partial charge in [-0.2, -0.15) is 0 Å². The van der Waals surface area contributed by atoms with Crippen molar-refractivity contribution in [3.63, 3.8) is 0 Å². The molecule has 0 amide bonds. The summed E-state index contributed by atoms with van der Waals surface area (Å²) in [7, 11) is 1.35. The molecule has 4 nitrogen and oxygen atoms in total. The van der Waals surface area contributed by atoms with Gasteiger partial charge in [-0.15, -0.1) is 0 Å². The van der Waals surface area contributed by atoms with Gasteiger partial charge in [0.15, 0.2) is 5.76 Å². The molecule has 0 fully saturated rings. The number of carbonyl (C=O) groups is 1. The van der Waals surface area contributed by atoms with E-state index in [-0.39, 0.29) is 0 Å². The molecule has 0 N–H and O–H groups in total. The minimum atomic E-state index is -0.411. The molecule has 0 saturated heterocycles. The van der Waals surface area contributed by atoms with E-state index in [1.807, 2.05) is 37.3 Å². The molecule has 1 heterocycles. The second-order valence-electron chi connectivity index (χ2n) is 4.93. The molecule has 0 aliphatic rings. The molecule has 0 aliphatic heterocycles. The van der Waals surface area contributed by atoms with Gasteiger partial charge in [-0.1, -0.05) is 42.0 Å². The number of ether oxygens (including phenoxy) is 1. The number of carbonyl (C=O) groups excluding carboxylic acids is 1. The number of aromatic nitrogens is 1. The Hall–Kier alpha value is -2.88. The molecule has 110 valence electrons. The summed E-state index contributed by atoms with van der Waals surface area (Å²) < 4.78 is 10.6. The predicted octanol–water partition coefficient (Wildman–Crippen LogP) is 4.10. The zero-order chi connectivity index (χ0) is 15.5. The molecule has 0 spiro atoms. The summed E-state index contributed by atoms with van der Waals surface area (Å²) in [6.45, 7) is 2.03. The van der Waals surface area contributed by atoms with Crippen molar-refractivity contribution in [1.29, 1.82) is 0 Å². The summed E-state index contributed by atoms with van der Waals surface area (Å²) in [5.41, 5.74) is 3.18. The Labute approximate surface area is 128 Å². The van der Waals surface area contributed by atoms with Gasteiger partial charge in [0.25, 0.3) is 0 Å². The van der Waals surface area contributed by atoms with Gasteiger partial charge >= 0.3 is 5.97 Å². The summed E-state index contributed by atoms with van der Waals surface area (Å²) in [6.07, 6.45) is 1.66. The van der Waals surface area contributed by atoms with Crippen LogP contribution in [0, 0.1) is 6.92 Å². The molecule has 0 saturated carbocycles. The van der Waals surface area contributed by atoms with Gasteiger partial charge in [0.05, 0.1) is 24.4 Å². The number of hydrogen-bond acceptors (Lipinski definition) is 4. The van der Waals surface area contributed by atoms with E-state index in [1.54, 1.807) is 24.4 Å². The lowest BCUT2D eigenvalue weighted by molar-refractivity contribution is 0.0601. The van der Waals surface area contributed by atoms with E-state index in [1.165, 1.54) is 12.7 Å². The van der Waals surface area contributed by atoms with Crippen LogP contribution in [-0.2, 0) is 4.74 Å². The van der Waals surface area contributed by atoms with Crippen molar-refractivity contribution >= 4 is 5.97 Å². The van der Waals surface area contributed by atoms with Crippen LogP contribution in [0.25, 0.3) is 22.8 Å². The topological polar surface area (TPSA) is 52.3 Å². The first kappa shape index (κ1) is 14.1. The van der Waals surface area contributed by atoms with Gasteiger partial charge < -0.3 is 9.15 Å². The highest BCUT2D eigenvalue weighted by Crippen LogP contribution is 2.28. The van der Waals surface area contributed by atoms with Crippen LogP contribution in [0.2, 0.25) is 0 Å². The van der Waals surface area contributed by atoms with Crippen molar-refractivity contribution in [3.05, 3.63) is 65.9 Å².